The first kappa shape index (κ1) is 12.6. The summed E-state index contributed by atoms with van der Waals surface area (Å²) in [5.74, 6) is -0.469. The topological polar surface area (TPSA) is 49.3 Å². The third-order valence-electron chi connectivity index (χ3n) is 2.48. The number of para-hydroxylation sites is 1. The van der Waals surface area contributed by atoms with Crippen molar-refractivity contribution < 1.29 is 9.90 Å². The van der Waals surface area contributed by atoms with Crippen LogP contribution in [0.25, 0.3) is 0 Å². The fraction of sp³-hybridized carbons (Fsp3) is 0.0714. The Morgan fingerprint density at radius 1 is 1.06 bits per heavy atom. The first-order chi connectivity index (χ1) is 8.66. The Bertz CT molecular complexity index is 525. The maximum Gasteiger partial charge on any atom is 0.257 e. The molecule has 92 valence electrons. The van der Waals surface area contributed by atoms with Crippen molar-refractivity contribution in [2.75, 3.05) is 5.32 Å². The van der Waals surface area contributed by atoms with Gasteiger partial charge in [0.2, 0.25) is 0 Å². The van der Waals surface area contributed by atoms with E-state index in [2.05, 4.69) is 5.32 Å². The van der Waals surface area contributed by atoms with E-state index in [0.717, 1.165) is 0 Å². The molecule has 2 N–H and O–H groups in total. The van der Waals surface area contributed by atoms with E-state index in [4.69, 9.17) is 11.6 Å². The SMILES string of the molecule is O=C(Nc1ccccc1)[C@@H](O)c1ccc(Cl)cc1. The summed E-state index contributed by atoms with van der Waals surface area (Å²) in [5.41, 5.74) is 1.16. The molecule has 0 aliphatic heterocycles. The average Bonchev–Trinajstić information content (AvgIpc) is 2.40. The second kappa shape index (κ2) is 5.67. The number of amides is 1. The Morgan fingerprint density at radius 3 is 2.28 bits per heavy atom. The van der Waals surface area contributed by atoms with Crippen LogP contribution in [-0.2, 0) is 4.79 Å². The van der Waals surface area contributed by atoms with Gasteiger partial charge in [-0.15, -0.1) is 0 Å². The number of carbonyl (C=O) groups excluding carboxylic acids is 1. The van der Waals surface area contributed by atoms with Crippen LogP contribution in [0.15, 0.2) is 54.6 Å². The zero-order valence-electron chi connectivity index (χ0n) is 9.51. The van der Waals surface area contributed by atoms with Crippen molar-refractivity contribution >= 4 is 23.2 Å². The highest BCUT2D eigenvalue weighted by Gasteiger charge is 2.17. The number of halogens is 1. The van der Waals surface area contributed by atoms with Crippen molar-refractivity contribution in [3.8, 4) is 0 Å². The van der Waals surface area contributed by atoms with Crippen molar-refractivity contribution in [1.29, 1.82) is 0 Å². The summed E-state index contributed by atoms with van der Waals surface area (Å²) in [7, 11) is 0. The van der Waals surface area contributed by atoms with Gasteiger partial charge in [-0.1, -0.05) is 41.9 Å². The number of aliphatic hydroxyl groups excluding tert-OH is 1. The summed E-state index contributed by atoms with van der Waals surface area (Å²) in [6.45, 7) is 0. The summed E-state index contributed by atoms with van der Waals surface area (Å²) in [5, 5.41) is 13.1. The molecule has 18 heavy (non-hydrogen) atoms. The van der Waals surface area contributed by atoms with E-state index >= 15 is 0 Å². The van der Waals surface area contributed by atoms with Gasteiger partial charge < -0.3 is 10.4 Å². The Kier molecular flexibility index (Phi) is 3.97. The van der Waals surface area contributed by atoms with E-state index in [9.17, 15) is 9.90 Å². The predicted molar refractivity (Wildman–Crippen MR) is 71.5 cm³/mol. The minimum absolute atomic E-state index is 0.469. The number of rotatable bonds is 3. The minimum Gasteiger partial charge on any atom is -0.378 e. The van der Waals surface area contributed by atoms with Gasteiger partial charge >= 0.3 is 0 Å². The molecule has 2 rings (SSSR count). The summed E-state index contributed by atoms with van der Waals surface area (Å²) < 4.78 is 0. The lowest BCUT2D eigenvalue weighted by Gasteiger charge is -2.11. The molecular weight excluding hydrogens is 250 g/mol. The lowest BCUT2D eigenvalue weighted by atomic mass is 10.1. The molecule has 2 aromatic rings. The van der Waals surface area contributed by atoms with Crippen LogP contribution in [0.2, 0.25) is 5.02 Å². The molecule has 0 aliphatic carbocycles. The maximum atomic E-state index is 11.8. The number of aliphatic hydroxyl groups is 1. The van der Waals surface area contributed by atoms with Gasteiger partial charge in [0.15, 0.2) is 6.10 Å². The Hall–Kier alpha value is -1.84. The van der Waals surface area contributed by atoms with Crippen LogP contribution in [0, 0.1) is 0 Å². The molecule has 0 fully saturated rings. The average molecular weight is 262 g/mol. The molecule has 0 saturated heterocycles. The van der Waals surface area contributed by atoms with E-state index in [1.54, 1.807) is 36.4 Å². The van der Waals surface area contributed by atoms with Gasteiger partial charge in [0.05, 0.1) is 0 Å². The Morgan fingerprint density at radius 2 is 1.67 bits per heavy atom. The van der Waals surface area contributed by atoms with Crippen LogP contribution in [0.4, 0.5) is 5.69 Å². The predicted octanol–water partition coefficient (Wildman–Crippen LogP) is 3.01. The fourth-order valence-electron chi connectivity index (χ4n) is 1.53. The number of nitrogens with one attached hydrogen (secondary N) is 1. The largest absolute Gasteiger partial charge is 0.378 e. The first-order valence-electron chi connectivity index (χ1n) is 5.46. The van der Waals surface area contributed by atoms with Crippen molar-refractivity contribution in [2.45, 2.75) is 6.10 Å². The summed E-state index contributed by atoms with van der Waals surface area (Å²) in [4.78, 5) is 11.8. The van der Waals surface area contributed by atoms with Crippen LogP contribution < -0.4 is 5.32 Å². The van der Waals surface area contributed by atoms with Gasteiger partial charge in [-0.3, -0.25) is 4.79 Å². The molecule has 0 aromatic heterocycles. The second-order valence-corrected chi connectivity index (χ2v) is 4.25. The molecule has 4 heteroatoms. The second-order valence-electron chi connectivity index (χ2n) is 3.81. The first-order valence-corrected chi connectivity index (χ1v) is 5.84. The highest BCUT2D eigenvalue weighted by Crippen LogP contribution is 2.18. The molecule has 0 heterocycles. The van der Waals surface area contributed by atoms with Gasteiger partial charge in [-0.25, -0.2) is 0 Å². The molecular formula is C14H12ClNO2. The van der Waals surface area contributed by atoms with Gasteiger partial charge in [0, 0.05) is 10.7 Å². The number of hydrogen-bond acceptors (Lipinski definition) is 2. The Labute approximate surface area is 110 Å². The molecule has 0 unspecified atom stereocenters. The number of benzene rings is 2. The molecule has 1 amide bonds. The molecule has 0 saturated carbocycles. The smallest absolute Gasteiger partial charge is 0.257 e. The zero-order chi connectivity index (χ0) is 13.0. The Balaban J connectivity index is 2.07. The van der Waals surface area contributed by atoms with Gasteiger partial charge in [0.25, 0.3) is 5.91 Å². The van der Waals surface area contributed by atoms with Crippen LogP contribution in [-0.4, -0.2) is 11.0 Å². The molecule has 0 aliphatic rings. The van der Waals surface area contributed by atoms with Gasteiger partial charge in [-0.2, -0.15) is 0 Å². The lowest BCUT2D eigenvalue weighted by molar-refractivity contribution is -0.124. The summed E-state index contributed by atoms with van der Waals surface area (Å²) in [6, 6.07) is 15.5. The van der Waals surface area contributed by atoms with Crippen LogP contribution in [0.3, 0.4) is 0 Å². The molecule has 1 atom stereocenters. The quantitative estimate of drug-likeness (QED) is 0.892. The van der Waals surface area contributed by atoms with Gasteiger partial charge in [0.1, 0.15) is 0 Å². The minimum atomic E-state index is -1.21. The summed E-state index contributed by atoms with van der Waals surface area (Å²) in [6.07, 6.45) is -1.21. The van der Waals surface area contributed by atoms with Crippen molar-refractivity contribution in [1.82, 2.24) is 0 Å². The van der Waals surface area contributed by atoms with E-state index in [-0.39, 0.29) is 0 Å². The van der Waals surface area contributed by atoms with Crippen molar-refractivity contribution in [3.05, 3.63) is 65.2 Å². The van der Waals surface area contributed by atoms with Crippen molar-refractivity contribution in [2.24, 2.45) is 0 Å². The van der Waals surface area contributed by atoms with E-state index < -0.39 is 12.0 Å². The van der Waals surface area contributed by atoms with Gasteiger partial charge in [-0.05, 0) is 29.8 Å². The normalized spacial score (nSPS) is 11.9. The van der Waals surface area contributed by atoms with E-state index in [1.807, 2.05) is 18.2 Å². The molecule has 0 radical (unpaired) electrons. The highest BCUT2D eigenvalue weighted by atomic mass is 35.5. The number of carbonyl (C=O) groups is 1. The third-order valence-corrected chi connectivity index (χ3v) is 2.73. The maximum absolute atomic E-state index is 11.8. The van der Waals surface area contributed by atoms with E-state index in [1.165, 1.54) is 0 Å². The number of hydrogen-bond donors (Lipinski definition) is 2. The van der Waals surface area contributed by atoms with Crippen LogP contribution in [0.5, 0.6) is 0 Å². The highest BCUT2D eigenvalue weighted by molar-refractivity contribution is 6.30. The monoisotopic (exact) mass is 261 g/mol. The van der Waals surface area contributed by atoms with E-state index in [0.29, 0.717) is 16.3 Å². The van der Waals surface area contributed by atoms with Crippen LogP contribution in [0.1, 0.15) is 11.7 Å². The molecule has 0 spiro atoms. The number of anilines is 1. The molecule has 3 nitrogen and oxygen atoms in total. The summed E-state index contributed by atoms with van der Waals surface area (Å²) >= 11 is 5.74. The third kappa shape index (κ3) is 3.09. The lowest BCUT2D eigenvalue weighted by Crippen LogP contribution is -2.20. The molecule has 2 aromatic carbocycles. The standard InChI is InChI=1S/C14H12ClNO2/c15-11-8-6-10(7-9-11)13(17)14(18)16-12-4-2-1-3-5-12/h1-9,13,17H,(H,16,18)/t13-/m0/s1. The zero-order valence-corrected chi connectivity index (χ0v) is 10.3. The van der Waals surface area contributed by atoms with Crippen molar-refractivity contribution in [3.63, 3.8) is 0 Å². The van der Waals surface area contributed by atoms with Crippen LogP contribution >= 0.6 is 11.6 Å². The fourth-order valence-corrected chi connectivity index (χ4v) is 1.65. The molecule has 0 bridgehead atoms.